The van der Waals surface area contributed by atoms with Crippen molar-refractivity contribution in [3.05, 3.63) is 35.4 Å². The number of hydrogen-bond acceptors (Lipinski definition) is 0. The largest absolute Gasteiger partial charge is 0.418 e. The van der Waals surface area contributed by atoms with Gasteiger partial charge in [-0.2, -0.15) is 0 Å². The molecule has 0 aromatic heterocycles. The van der Waals surface area contributed by atoms with Crippen molar-refractivity contribution in [1.82, 2.24) is 0 Å². The summed E-state index contributed by atoms with van der Waals surface area (Å²) in [6.07, 6.45) is 0. The van der Waals surface area contributed by atoms with Crippen molar-refractivity contribution in [3.8, 4) is 0 Å². The number of hydrogen-bond donors (Lipinski definition) is 0. The molecule has 1 rings (SSSR count). The van der Waals surface area contributed by atoms with Crippen LogP contribution in [0.2, 0.25) is 0 Å². The fourth-order valence-corrected chi connectivity index (χ4v) is 1.88. The van der Waals surface area contributed by atoms with Gasteiger partial charge in [-0.15, -0.1) is 0 Å². The molecular formula is C9H12F2Si. The van der Waals surface area contributed by atoms with Crippen molar-refractivity contribution in [2.45, 2.75) is 19.4 Å². The molecule has 1 unspecified atom stereocenters. The van der Waals surface area contributed by atoms with E-state index in [1.54, 1.807) is 13.0 Å². The molecule has 0 N–H and O–H groups in total. The Morgan fingerprint density at radius 1 is 1.25 bits per heavy atom. The van der Waals surface area contributed by atoms with Gasteiger partial charge in [0.05, 0.1) is 0 Å². The molecule has 1 aromatic rings. The summed E-state index contributed by atoms with van der Waals surface area (Å²) in [5, 5.41) is 0. The molecule has 0 spiro atoms. The second kappa shape index (κ2) is 3.80. The molecule has 0 aliphatic heterocycles. The van der Waals surface area contributed by atoms with Crippen LogP contribution in [0.3, 0.4) is 0 Å². The summed E-state index contributed by atoms with van der Waals surface area (Å²) in [6, 6.07) is 7.36. The second-order valence-electron chi connectivity index (χ2n) is 2.98. The number of benzene rings is 1. The molecule has 66 valence electrons. The average Bonchev–Trinajstić information content (AvgIpc) is 2.04. The van der Waals surface area contributed by atoms with Gasteiger partial charge in [0.2, 0.25) is 0 Å². The van der Waals surface area contributed by atoms with E-state index in [2.05, 4.69) is 0 Å². The van der Waals surface area contributed by atoms with Crippen LogP contribution >= 0.6 is 0 Å². The first-order valence-corrected chi connectivity index (χ1v) is 5.50. The second-order valence-corrected chi connectivity index (χ2v) is 4.65. The van der Waals surface area contributed by atoms with Gasteiger partial charge in [-0.05, 0) is 18.1 Å². The van der Waals surface area contributed by atoms with Crippen LogP contribution in [0.15, 0.2) is 24.3 Å². The molecule has 0 aliphatic rings. The van der Waals surface area contributed by atoms with Crippen LogP contribution in [0.4, 0.5) is 8.22 Å². The Balaban J connectivity index is 2.94. The van der Waals surface area contributed by atoms with E-state index in [-0.39, 0.29) is 0 Å². The van der Waals surface area contributed by atoms with Gasteiger partial charge in [0.25, 0.3) is 0 Å². The van der Waals surface area contributed by atoms with Gasteiger partial charge in [-0.3, -0.25) is 8.22 Å². The Morgan fingerprint density at radius 3 is 2.33 bits per heavy atom. The van der Waals surface area contributed by atoms with E-state index in [1.807, 2.05) is 25.1 Å². The monoisotopic (exact) mass is 186 g/mol. The summed E-state index contributed by atoms with van der Waals surface area (Å²) in [4.78, 5) is 0. The first-order chi connectivity index (χ1) is 5.63. The maximum atomic E-state index is 12.4. The van der Waals surface area contributed by atoms with Crippen LogP contribution in [0, 0.1) is 6.92 Å². The summed E-state index contributed by atoms with van der Waals surface area (Å²) >= 11 is 0. The van der Waals surface area contributed by atoms with Crippen molar-refractivity contribution in [3.63, 3.8) is 0 Å². The van der Waals surface area contributed by atoms with Gasteiger partial charge in [0.15, 0.2) is 0 Å². The van der Waals surface area contributed by atoms with E-state index < -0.39 is 15.0 Å². The van der Waals surface area contributed by atoms with Crippen molar-refractivity contribution >= 4 is 9.46 Å². The quantitative estimate of drug-likeness (QED) is 0.492. The molecule has 0 radical (unpaired) electrons. The molecule has 3 heteroatoms. The molecular weight excluding hydrogens is 174 g/mol. The highest BCUT2D eigenvalue weighted by Gasteiger charge is 2.21. The van der Waals surface area contributed by atoms with Crippen molar-refractivity contribution in [2.75, 3.05) is 0 Å². The summed E-state index contributed by atoms with van der Waals surface area (Å²) in [5.41, 5.74) is 1.25. The van der Waals surface area contributed by atoms with Gasteiger partial charge in [0.1, 0.15) is 0 Å². The topological polar surface area (TPSA) is 0 Å². The standard InChI is InChI=1S/C9H12F2Si/c1-7-5-3-4-6-9(7)8(2)12(10)11/h3-6,8,12H,1-2H3. The predicted octanol–water partition coefficient (Wildman–Crippen LogP) is 2.80. The number of aryl methyl sites for hydroxylation is 1. The number of rotatable bonds is 2. The fraction of sp³-hybridized carbons (Fsp3) is 0.333. The lowest BCUT2D eigenvalue weighted by Gasteiger charge is -2.11. The fourth-order valence-electron chi connectivity index (χ4n) is 1.23. The van der Waals surface area contributed by atoms with E-state index in [1.165, 1.54) is 0 Å². The third-order valence-corrected chi connectivity index (χ3v) is 3.17. The minimum atomic E-state index is -3.52. The Labute approximate surface area is 73.2 Å². The average molecular weight is 186 g/mol. The molecule has 0 bridgehead atoms. The Hall–Kier alpha value is -0.703. The van der Waals surface area contributed by atoms with Gasteiger partial charge in [0, 0.05) is 5.54 Å². The highest BCUT2D eigenvalue weighted by atomic mass is 28.4. The van der Waals surface area contributed by atoms with E-state index in [0.29, 0.717) is 0 Å². The van der Waals surface area contributed by atoms with Crippen LogP contribution < -0.4 is 0 Å². The Kier molecular flexibility index (Phi) is 2.97. The SMILES string of the molecule is Cc1ccccc1C(C)[SiH](F)F. The van der Waals surface area contributed by atoms with Crippen molar-refractivity contribution in [2.24, 2.45) is 0 Å². The summed E-state index contributed by atoms with van der Waals surface area (Å²) < 4.78 is 24.9. The van der Waals surface area contributed by atoms with Gasteiger partial charge >= 0.3 is 9.46 Å². The lowest BCUT2D eigenvalue weighted by Crippen LogP contribution is -2.11. The maximum absolute atomic E-state index is 12.4. The molecule has 12 heavy (non-hydrogen) atoms. The van der Waals surface area contributed by atoms with E-state index in [9.17, 15) is 8.22 Å². The summed E-state index contributed by atoms with van der Waals surface area (Å²) in [6.45, 7) is 3.49. The highest BCUT2D eigenvalue weighted by Crippen LogP contribution is 2.22. The molecule has 0 fully saturated rings. The van der Waals surface area contributed by atoms with Crippen molar-refractivity contribution in [1.29, 1.82) is 0 Å². The summed E-state index contributed by atoms with van der Waals surface area (Å²) in [7, 11) is -3.52. The third-order valence-electron chi connectivity index (χ3n) is 2.06. The van der Waals surface area contributed by atoms with E-state index in [4.69, 9.17) is 0 Å². The molecule has 0 aliphatic carbocycles. The van der Waals surface area contributed by atoms with E-state index in [0.717, 1.165) is 11.1 Å². The molecule has 0 amide bonds. The third kappa shape index (κ3) is 1.91. The minimum Gasteiger partial charge on any atom is -0.274 e. The Bertz CT molecular complexity index is 260. The minimum absolute atomic E-state index is 0.522. The molecule has 1 atom stereocenters. The first-order valence-electron chi connectivity index (χ1n) is 3.96. The van der Waals surface area contributed by atoms with Crippen LogP contribution in [-0.2, 0) is 0 Å². The van der Waals surface area contributed by atoms with Gasteiger partial charge in [-0.25, -0.2) is 0 Å². The van der Waals surface area contributed by atoms with Crippen LogP contribution in [0.5, 0.6) is 0 Å². The molecule has 0 heterocycles. The van der Waals surface area contributed by atoms with Crippen LogP contribution in [0.25, 0.3) is 0 Å². The smallest absolute Gasteiger partial charge is 0.274 e. The van der Waals surface area contributed by atoms with E-state index >= 15 is 0 Å². The first kappa shape index (κ1) is 9.39. The zero-order valence-electron chi connectivity index (χ0n) is 7.22. The lowest BCUT2D eigenvalue weighted by molar-refractivity contribution is 0.624. The van der Waals surface area contributed by atoms with Crippen LogP contribution in [-0.4, -0.2) is 9.46 Å². The molecule has 0 nitrogen and oxygen atoms in total. The molecule has 0 saturated carbocycles. The zero-order chi connectivity index (χ0) is 9.14. The molecule has 0 saturated heterocycles. The Morgan fingerprint density at radius 2 is 1.83 bits per heavy atom. The predicted molar refractivity (Wildman–Crippen MR) is 49.0 cm³/mol. The zero-order valence-corrected chi connectivity index (χ0v) is 8.37. The van der Waals surface area contributed by atoms with Crippen LogP contribution in [0.1, 0.15) is 23.6 Å². The van der Waals surface area contributed by atoms with Gasteiger partial charge in [-0.1, -0.05) is 31.2 Å². The van der Waals surface area contributed by atoms with Gasteiger partial charge < -0.3 is 0 Å². The summed E-state index contributed by atoms with van der Waals surface area (Å²) in [5.74, 6) is 0. The lowest BCUT2D eigenvalue weighted by atomic mass is 10.1. The number of halogens is 2. The molecule has 1 aromatic carbocycles. The highest BCUT2D eigenvalue weighted by molar-refractivity contribution is 6.44. The normalized spacial score (nSPS) is 13.4. The van der Waals surface area contributed by atoms with Crippen molar-refractivity contribution < 1.29 is 8.22 Å². The maximum Gasteiger partial charge on any atom is 0.418 e.